The molecular weight excluding hydrogens is 395 g/mol. The van der Waals surface area contributed by atoms with Crippen LogP contribution in [0, 0.1) is 0 Å². The number of amides is 3. The highest BCUT2D eigenvalue weighted by atomic mass is 35.5. The molecule has 1 aliphatic rings. The molecule has 2 N–H and O–H groups in total. The van der Waals surface area contributed by atoms with E-state index < -0.39 is 36.3 Å². The van der Waals surface area contributed by atoms with E-state index in [2.05, 4.69) is 0 Å². The van der Waals surface area contributed by atoms with E-state index >= 15 is 0 Å². The van der Waals surface area contributed by atoms with E-state index in [1.165, 1.54) is 12.1 Å². The molecule has 1 aliphatic heterocycles. The molecule has 9 heteroatoms. The number of primary amides is 1. The number of hydrogen-bond donors (Lipinski definition) is 1. The second-order valence-corrected chi connectivity index (χ2v) is 6.51. The number of esters is 1. The Morgan fingerprint density at radius 3 is 2.00 bits per heavy atom. The van der Waals surface area contributed by atoms with Gasteiger partial charge < -0.3 is 10.5 Å². The van der Waals surface area contributed by atoms with Crippen molar-refractivity contribution >= 4 is 46.9 Å². The Bertz CT molecular complexity index is 921. The van der Waals surface area contributed by atoms with Crippen LogP contribution in [0.15, 0.2) is 42.5 Å². The zero-order chi connectivity index (χ0) is 19.7. The first-order valence-electron chi connectivity index (χ1n) is 7.68. The van der Waals surface area contributed by atoms with Gasteiger partial charge in [-0.1, -0.05) is 53.5 Å². The van der Waals surface area contributed by atoms with Gasteiger partial charge in [0.15, 0.2) is 0 Å². The number of ether oxygens (including phenoxy) is 1. The Balaban J connectivity index is 1.77. The molecule has 0 aliphatic carbocycles. The predicted octanol–water partition coefficient (Wildman–Crippen LogP) is 2.36. The first-order valence-corrected chi connectivity index (χ1v) is 8.44. The number of hydrogen-bond acceptors (Lipinski definition) is 5. The molecule has 2 aromatic carbocycles. The summed E-state index contributed by atoms with van der Waals surface area (Å²) in [5.74, 6) is -3.26. The SMILES string of the molecule is NC(=O)C(OC(=O)CN1C(=O)c2cc(Cl)c(Cl)cc2C1=O)c1ccccc1. The molecule has 0 spiro atoms. The summed E-state index contributed by atoms with van der Waals surface area (Å²) in [6, 6.07) is 10.7. The molecular formula is C18H12Cl2N2O5. The lowest BCUT2D eigenvalue weighted by Crippen LogP contribution is -2.37. The fourth-order valence-corrected chi connectivity index (χ4v) is 2.97. The number of carbonyl (C=O) groups excluding carboxylic acids is 4. The summed E-state index contributed by atoms with van der Waals surface area (Å²) in [4.78, 5) is 49.4. The molecule has 0 bridgehead atoms. The maximum Gasteiger partial charge on any atom is 0.327 e. The maximum atomic E-state index is 12.4. The minimum Gasteiger partial charge on any atom is -0.446 e. The van der Waals surface area contributed by atoms with Crippen LogP contribution in [0.3, 0.4) is 0 Å². The van der Waals surface area contributed by atoms with Crippen molar-refractivity contribution in [1.82, 2.24) is 4.90 Å². The van der Waals surface area contributed by atoms with E-state index in [1.807, 2.05) is 0 Å². The van der Waals surface area contributed by atoms with E-state index in [4.69, 9.17) is 33.7 Å². The third kappa shape index (κ3) is 3.65. The number of imide groups is 1. The highest BCUT2D eigenvalue weighted by Crippen LogP contribution is 2.31. The number of rotatable bonds is 5. The lowest BCUT2D eigenvalue weighted by Gasteiger charge is -2.17. The van der Waals surface area contributed by atoms with Crippen LogP contribution >= 0.6 is 23.2 Å². The lowest BCUT2D eigenvalue weighted by molar-refractivity contribution is -0.155. The van der Waals surface area contributed by atoms with Gasteiger partial charge in [0.1, 0.15) is 6.54 Å². The lowest BCUT2D eigenvalue weighted by atomic mass is 10.1. The molecule has 2 aromatic rings. The first-order chi connectivity index (χ1) is 12.8. The molecule has 0 saturated carbocycles. The van der Waals surface area contributed by atoms with E-state index in [9.17, 15) is 19.2 Å². The summed E-state index contributed by atoms with van der Waals surface area (Å²) in [6.45, 7) is -0.682. The largest absolute Gasteiger partial charge is 0.446 e. The Hall–Kier alpha value is -2.90. The summed E-state index contributed by atoms with van der Waals surface area (Å²) in [5, 5.41) is 0.220. The minimum atomic E-state index is -1.34. The van der Waals surface area contributed by atoms with Crippen LogP contribution < -0.4 is 5.73 Å². The number of fused-ring (bicyclic) bond motifs is 1. The van der Waals surface area contributed by atoms with E-state index in [-0.39, 0.29) is 21.2 Å². The number of carbonyl (C=O) groups is 4. The third-order valence-electron chi connectivity index (χ3n) is 3.91. The second-order valence-electron chi connectivity index (χ2n) is 5.69. The standard InChI is InChI=1S/C18H12Cl2N2O5/c19-12-6-10-11(7-13(12)20)18(26)22(17(10)25)8-14(23)27-15(16(21)24)9-4-2-1-3-5-9/h1-7,15H,8H2,(H2,21,24). The van der Waals surface area contributed by atoms with Crippen LogP contribution in [0.1, 0.15) is 32.4 Å². The fraction of sp³-hybridized carbons (Fsp3) is 0.111. The van der Waals surface area contributed by atoms with Gasteiger partial charge in [-0.25, -0.2) is 0 Å². The Kier molecular flexibility index (Phi) is 5.16. The molecule has 0 fully saturated rings. The fourth-order valence-electron chi connectivity index (χ4n) is 2.64. The Morgan fingerprint density at radius 2 is 1.52 bits per heavy atom. The zero-order valence-corrected chi connectivity index (χ0v) is 15.2. The second kappa shape index (κ2) is 7.38. The molecule has 27 heavy (non-hydrogen) atoms. The van der Waals surface area contributed by atoms with Gasteiger partial charge in [0.25, 0.3) is 17.7 Å². The van der Waals surface area contributed by atoms with Gasteiger partial charge in [-0.3, -0.25) is 24.1 Å². The summed E-state index contributed by atoms with van der Waals surface area (Å²) >= 11 is 11.7. The summed E-state index contributed by atoms with van der Waals surface area (Å²) in [6.07, 6.45) is -1.34. The Morgan fingerprint density at radius 1 is 1.00 bits per heavy atom. The van der Waals surface area contributed by atoms with Crippen LogP contribution in [0.25, 0.3) is 0 Å². The smallest absolute Gasteiger partial charge is 0.327 e. The van der Waals surface area contributed by atoms with Crippen molar-refractivity contribution in [2.45, 2.75) is 6.10 Å². The van der Waals surface area contributed by atoms with Crippen LogP contribution in [-0.4, -0.2) is 35.1 Å². The Labute approximate surface area is 163 Å². The van der Waals surface area contributed by atoms with Crippen molar-refractivity contribution < 1.29 is 23.9 Å². The van der Waals surface area contributed by atoms with Crippen molar-refractivity contribution in [3.8, 4) is 0 Å². The van der Waals surface area contributed by atoms with E-state index in [0.717, 1.165) is 0 Å². The van der Waals surface area contributed by atoms with Crippen molar-refractivity contribution in [2.75, 3.05) is 6.54 Å². The third-order valence-corrected chi connectivity index (χ3v) is 4.63. The van der Waals surface area contributed by atoms with Gasteiger partial charge >= 0.3 is 5.97 Å². The number of benzene rings is 2. The molecule has 3 amide bonds. The van der Waals surface area contributed by atoms with E-state index in [0.29, 0.717) is 10.5 Å². The summed E-state index contributed by atoms with van der Waals surface area (Å²) in [7, 11) is 0. The molecule has 0 saturated heterocycles. The normalized spacial score (nSPS) is 14.1. The van der Waals surface area contributed by atoms with Gasteiger partial charge in [-0.15, -0.1) is 0 Å². The molecule has 0 aromatic heterocycles. The molecule has 7 nitrogen and oxygen atoms in total. The van der Waals surface area contributed by atoms with Crippen LogP contribution in [0.4, 0.5) is 0 Å². The average molecular weight is 407 g/mol. The van der Waals surface area contributed by atoms with Crippen molar-refractivity contribution in [3.05, 3.63) is 69.2 Å². The average Bonchev–Trinajstić information content (AvgIpc) is 2.85. The van der Waals surface area contributed by atoms with Gasteiger partial charge in [0.2, 0.25) is 6.10 Å². The summed E-state index contributed by atoms with van der Waals surface area (Å²) in [5.41, 5.74) is 5.74. The molecule has 1 heterocycles. The number of nitrogens with two attached hydrogens (primary N) is 1. The number of halogens is 2. The minimum absolute atomic E-state index is 0.0386. The quantitative estimate of drug-likeness (QED) is 0.605. The van der Waals surface area contributed by atoms with Gasteiger partial charge in [0, 0.05) is 5.56 Å². The highest BCUT2D eigenvalue weighted by Gasteiger charge is 2.38. The van der Waals surface area contributed by atoms with E-state index in [1.54, 1.807) is 30.3 Å². The van der Waals surface area contributed by atoms with Crippen molar-refractivity contribution in [1.29, 1.82) is 0 Å². The molecule has 138 valence electrons. The first kappa shape index (κ1) is 18.9. The van der Waals surface area contributed by atoms with Crippen LogP contribution in [0.5, 0.6) is 0 Å². The number of nitrogens with zero attached hydrogens (tertiary/aromatic N) is 1. The summed E-state index contributed by atoms with van der Waals surface area (Å²) < 4.78 is 5.09. The van der Waals surface area contributed by atoms with Gasteiger partial charge in [0.05, 0.1) is 21.2 Å². The molecule has 1 unspecified atom stereocenters. The highest BCUT2D eigenvalue weighted by molar-refractivity contribution is 6.43. The molecule has 0 radical (unpaired) electrons. The zero-order valence-electron chi connectivity index (χ0n) is 13.6. The van der Waals surface area contributed by atoms with Crippen molar-refractivity contribution in [2.24, 2.45) is 5.73 Å². The van der Waals surface area contributed by atoms with Gasteiger partial charge in [-0.05, 0) is 12.1 Å². The predicted molar refractivity (Wildman–Crippen MR) is 96.3 cm³/mol. The van der Waals surface area contributed by atoms with Crippen LogP contribution in [0.2, 0.25) is 10.0 Å². The monoisotopic (exact) mass is 406 g/mol. The molecule has 1 atom stereocenters. The maximum absolute atomic E-state index is 12.4. The molecule has 3 rings (SSSR count). The topological polar surface area (TPSA) is 107 Å². The van der Waals surface area contributed by atoms with Crippen LogP contribution in [-0.2, 0) is 14.3 Å². The van der Waals surface area contributed by atoms with Gasteiger partial charge in [-0.2, -0.15) is 0 Å². The van der Waals surface area contributed by atoms with Crippen molar-refractivity contribution in [3.63, 3.8) is 0 Å².